The van der Waals surface area contributed by atoms with Gasteiger partial charge in [-0.05, 0) is 69.7 Å². The van der Waals surface area contributed by atoms with Crippen LogP contribution in [0.15, 0.2) is 107 Å². The normalized spacial score (nSPS) is 11.2. The van der Waals surface area contributed by atoms with Gasteiger partial charge in [-0.1, -0.05) is 46.7 Å². The molecule has 294 valence electrons. The zero-order valence-corrected chi connectivity index (χ0v) is 39.8. The number of aromatic nitrogens is 5. The molecule has 0 spiro atoms. The zero-order chi connectivity index (χ0) is 40.7. The number of hydrogen-bond donors (Lipinski definition) is 3. The van der Waals surface area contributed by atoms with Crippen LogP contribution in [0.2, 0.25) is 0 Å². The molecule has 0 amide bonds. The second-order valence-electron chi connectivity index (χ2n) is 10.1. The van der Waals surface area contributed by atoms with Crippen LogP contribution in [0, 0.1) is 0 Å². The number of aliphatic carboxylic acids is 1. The van der Waals surface area contributed by atoms with E-state index in [1.165, 1.54) is 51.7 Å². The molecular formula is C33H25I2N9O5S8. The topological polar surface area (TPSA) is 214 Å². The average Bonchev–Trinajstić information content (AvgIpc) is 4.07. The van der Waals surface area contributed by atoms with Crippen molar-refractivity contribution >= 4 is 191 Å². The maximum absolute atomic E-state index is 12.4. The summed E-state index contributed by atoms with van der Waals surface area (Å²) in [6.45, 7) is 0. The number of nitrogen functional groups attached to an aromatic ring is 2. The van der Waals surface area contributed by atoms with Gasteiger partial charge >= 0.3 is 5.97 Å². The Balaban J connectivity index is 0.000000165. The summed E-state index contributed by atoms with van der Waals surface area (Å²) in [4.78, 5) is 53.6. The van der Waals surface area contributed by atoms with Gasteiger partial charge < -0.3 is 26.2 Å². The third kappa shape index (κ3) is 12.9. The number of nitrogens with zero attached hydrogens (tertiary/aromatic N) is 7. The number of benzene rings is 3. The lowest BCUT2D eigenvalue weighted by molar-refractivity contribution is -0.129. The largest absolute Gasteiger partial charge is 0.476 e. The zero-order valence-electron chi connectivity index (χ0n) is 29.0. The number of carboxylic acids is 1. The SMILES string of the molecule is CO/N=C(\C(=O)O)c1csc(N)n1.CO/N=C(\C(=O)Sc1nc2ccccc2s1)c1csc(N)n1.II.c1ccc2sc(SSc3nc4ccccc4s3)nc2c1. The molecule has 0 radical (unpaired) electrons. The Bertz CT molecular complexity index is 2470. The molecule has 0 atom stereocenters. The van der Waals surface area contributed by atoms with E-state index in [1.54, 1.807) is 49.6 Å². The minimum absolute atomic E-state index is 0.125. The molecule has 57 heavy (non-hydrogen) atoms. The molecule has 3 aromatic carbocycles. The summed E-state index contributed by atoms with van der Waals surface area (Å²) in [5.74, 6) is -1.20. The molecule has 0 saturated heterocycles. The molecule has 5 aromatic heterocycles. The lowest BCUT2D eigenvalue weighted by atomic mass is 10.3. The first-order chi connectivity index (χ1) is 27.7. The number of oxime groups is 2. The molecule has 5 heterocycles. The van der Waals surface area contributed by atoms with Crippen LogP contribution in [-0.2, 0) is 19.3 Å². The number of carbonyl (C=O) groups excluding carboxylic acids is 1. The van der Waals surface area contributed by atoms with Crippen LogP contribution in [0.3, 0.4) is 0 Å². The van der Waals surface area contributed by atoms with E-state index in [4.69, 9.17) is 21.4 Å². The Hall–Kier alpha value is -3.22. The van der Waals surface area contributed by atoms with Gasteiger partial charge in [-0.15, -0.1) is 56.7 Å². The van der Waals surface area contributed by atoms with Gasteiger partial charge in [-0.25, -0.2) is 29.7 Å². The van der Waals surface area contributed by atoms with Crippen LogP contribution >= 0.6 is 127 Å². The van der Waals surface area contributed by atoms with Crippen molar-refractivity contribution in [2.75, 3.05) is 25.7 Å². The van der Waals surface area contributed by atoms with Gasteiger partial charge in [0.2, 0.25) is 10.8 Å². The third-order valence-corrected chi connectivity index (χ3v) is 14.8. The number of carboxylic acid groups (broad SMARTS) is 1. The number of hydrogen-bond acceptors (Lipinski definition) is 21. The summed E-state index contributed by atoms with van der Waals surface area (Å²) in [5.41, 5.74) is 14.4. The predicted octanol–water partition coefficient (Wildman–Crippen LogP) is 10.6. The second-order valence-corrected chi connectivity index (χ2v) is 18.8. The highest BCUT2D eigenvalue weighted by atomic mass is 128. The molecule has 0 unspecified atom stereocenters. The second kappa shape index (κ2) is 22.8. The molecule has 0 saturated carbocycles. The van der Waals surface area contributed by atoms with Gasteiger partial charge in [0.1, 0.15) is 25.6 Å². The molecule has 8 rings (SSSR count). The smallest absolute Gasteiger partial charge is 0.360 e. The Morgan fingerprint density at radius 2 is 1.02 bits per heavy atom. The van der Waals surface area contributed by atoms with Crippen molar-refractivity contribution in [3.05, 3.63) is 94.9 Å². The molecule has 0 aliphatic rings. The Labute approximate surface area is 379 Å². The summed E-state index contributed by atoms with van der Waals surface area (Å²) in [6, 6.07) is 24.2. The van der Waals surface area contributed by atoms with Crippen LogP contribution in [-0.4, -0.2) is 66.8 Å². The predicted molar refractivity (Wildman–Crippen MR) is 257 cm³/mol. The number of nitrogens with two attached hydrogens (primary N) is 2. The van der Waals surface area contributed by atoms with Gasteiger partial charge in [-0.3, -0.25) is 4.79 Å². The van der Waals surface area contributed by atoms with E-state index in [0.717, 1.165) is 53.0 Å². The quantitative estimate of drug-likeness (QED) is 0.0382. The standard InChI is InChI=1S/C14H8N2S4.C13H10N4O2S3.C6H7N3O3S.I2/c1-3-7-11-9(5-1)15-13(17-11)19-20-14-16-10-6-2-4-8-12(10)18-14;1-19-17-10(8-6-20-12(14)15-8)11(18)22-13-16-7-4-2-3-5-9(7)21-13;1-12-9-4(5(10)11)3-2-13-6(7)8-3;1-2/h1-8H;2-6H,1H3,(H2,14,15);2H,1H3,(H2,7,8)(H,10,11);/b;17-10-;9-4-;. The van der Waals surface area contributed by atoms with Crippen molar-refractivity contribution in [1.29, 1.82) is 0 Å². The highest BCUT2D eigenvalue weighted by Crippen LogP contribution is 2.43. The summed E-state index contributed by atoms with van der Waals surface area (Å²) in [6.07, 6.45) is 0. The molecule has 8 aromatic rings. The molecule has 0 bridgehead atoms. The van der Waals surface area contributed by atoms with E-state index in [2.05, 4.69) is 114 Å². The Morgan fingerprint density at radius 1 is 0.632 bits per heavy atom. The molecule has 5 N–H and O–H groups in total. The number of para-hydroxylation sites is 3. The van der Waals surface area contributed by atoms with Crippen LogP contribution in [0.5, 0.6) is 0 Å². The monoisotopic (exact) mass is 1140 g/mol. The summed E-state index contributed by atoms with van der Waals surface area (Å²) in [7, 11) is 6.02. The van der Waals surface area contributed by atoms with E-state index in [-0.39, 0.29) is 22.2 Å². The fourth-order valence-corrected chi connectivity index (χ4v) is 11.7. The van der Waals surface area contributed by atoms with Crippen LogP contribution in [0.1, 0.15) is 11.4 Å². The van der Waals surface area contributed by atoms with E-state index in [0.29, 0.717) is 20.3 Å². The van der Waals surface area contributed by atoms with Gasteiger partial charge in [0, 0.05) is 48.0 Å². The molecular weight excluding hydrogens is 1110 g/mol. The van der Waals surface area contributed by atoms with Crippen LogP contribution in [0.25, 0.3) is 30.6 Å². The van der Waals surface area contributed by atoms with Crippen LogP contribution in [0.4, 0.5) is 10.3 Å². The van der Waals surface area contributed by atoms with Crippen molar-refractivity contribution in [3.8, 4) is 0 Å². The van der Waals surface area contributed by atoms with E-state index < -0.39 is 5.97 Å². The minimum Gasteiger partial charge on any atom is -0.476 e. The lowest BCUT2D eigenvalue weighted by Crippen LogP contribution is -2.15. The number of thiazole rings is 5. The van der Waals surface area contributed by atoms with E-state index in [9.17, 15) is 9.59 Å². The number of carbonyl (C=O) groups is 2. The van der Waals surface area contributed by atoms with Crippen LogP contribution < -0.4 is 11.5 Å². The fraction of sp³-hybridized carbons (Fsp3) is 0.0606. The molecule has 0 aliphatic carbocycles. The summed E-state index contributed by atoms with van der Waals surface area (Å²) in [5, 5.41) is 19.3. The first-order valence-corrected chi connectivity index (χ1v) is 28.8. The van der Waals surface area contributed by atoms with Crippen molar-refractivity contribution < 1.29 is 24.4 Å². The Morgan fingerprint density at radius 3 is 1.40 bits per heavy atom. The van der Waals surface area contributed by atoms with Gasteiger partial charge in [0.15, 0.2) is 29.0 Å². The van der Waals surface area contributed by atoms with E-state index in [1.807, 2.05) is 36.4 Å². The first kappa shape index (κ1) is 44.9. The van der Waals surface area contributed by atoms with Crippen molar-refractivity contribution in [1.82, 2.24) is 24.9 Å². The van der Waals surface area contributed by atoms with Gasteiger partial charge in [0.25, 0.3) is 0 Å². The molecule has 14 nitrogen and oxygen atoms in total. The van der Waals surface area contributed by atoms with Gasteiger partial charge in [0.05, 0.1) is 30.6 Å². The number of anilines is 2. The fourth-order valence-electron chi connectivity index (χ4n) is 4.23. The maximum atomic E-state index is 12.4. The first-order valence-electron chi connectivity index (χ1n) is 15.4. The number of rotatable bonds is 10. The maximum Gasteiger partial charge on any atom is 0.360 e. The van der Waals surface area contributed by atoms with Gasteiger partial charge in [-0.2, -0.15) is 0 Å². The van der Waals surface area contributed by atoms with Crippen molar-refractivity contribution in [3.63, 3.8) is 0 Å². The Kier molecular flexibility index (Phi) is 18.0. The number of halogens is 2. The lowest BCUT2D eigenvalue weighted by Gasteiger charge is -1.99. The average molecular weight is 1140 g/mol. The third-order valence-electron chi connectivity index (χ3n) is 6.48. The van der Waals surface area contributed by atoms with E-state index >= 15 is 0 Å². The summed E-state index contributed by atoms with van der Waals surface area (Å²) < 4.78 is 6.31. The highest BCUT2D eigenvalue weighted by molar-refractivity contribution is 15.0. The number of fused-ring (bicyclic) bond motifs is 3. The molecule has 0 fully saturated rings. The molecule has 0 aliphatic heterocycles. The van der Waals surface area contributed by atoms with Crippen molar-refractivity contribution in [2.45, 2.75) is 13.0 Å². The van der Waals surface area contributed by atoms with Crippen molar-refractivity contribution in [2.24, 2.45) is 10.3 Å². The highest BCUT2D eigenvalue weighted by Gasteiger charge is 2.21. The minimum atomic E-state index is -1.20. The molecule has 24 heteroatoms. The number of thioether (sulfide) groups is 1. The summed E-state index contributed by atoms with van der Waals surface area (Å²) >= 11 is 12.5.